The Morgan fingerprint density at radius 2 is 2.11 bits per heavy atom. The molecule has 1 saturated heterocycles. The molecule has 1 N–H and O–H groups in total. The summed E-state index contributed by atoms with van der Waals surface area (Å²) in [6.45, 7) is 6.02. The number of hydrogen-bond acceptors (Lipinski definition) is 4. The molecular weight excluding hydrogens is 254 g/mol. The molecule has 0 amide bonds. The minimum Gasteiger partial charge on any atom is -0.375 e. The Bertz CT molecular complexity index is 347. The van der Waals surface area contributed by atoms with Gasteiger partial charge in [0.05, 0.1) is 12.7 Å². The van der Waals surface area contributed by atoms with Crippen molar-refractivity contribution >= 4 is 10.2 Å². The van der Waals surface area contributed by atoms with Crippen LogP contribution < -0.4 is 5.32 Å². The summed E-state index contributed by atoms with van der Waals surface area (Å²) in [5, 5.41) is 3.01. The third kappa shape index (κ3) is 3.89. The fourth-order valence-corrected chi connectivity index (χ4v) is 3.60. The van der Waals surface area contributed by atoms with Crippen LogP contribution in [0.2, 0.25) is 0 Å². The minimum atomic E-state index is -3.37. The molecule has 0 aliphatic carbocycles. The summed E-state index contributed by atoms with van der Waals surface area (Å²) < 4.78 is 33.3. The summed E-state index contributed by atoms with van der Waals surface area (Å²) in [5.74, 6) is 0. The topological polar surface area (TPSA) is 61.9 Å². The number of rotatable bonds is 6. The van der Waals surface area contributed by atoms with E-state index in [0.717, 1.165) is 13.0 Å². The fourth-order valence-electron chi connectivity index (χ4n) is 1.97. The monoisotopic (exact) mass is 279 g/mol. The van der Waals surface area contributed by atoms with Crippen LogP contribution in [0.4, 0.5) is 0 Å². The predicted molar refractivity (Wildman–Crippen MR) is 71.7 cm³/mol. The van der Waals surface area contributed by atoms with Crippen LogP contribution in [0.25, 0.3) is 0 Å². The summed E-state index contributed by atoms with van der Waals surface area (Å²) in [5.41, 5.74) is 0. The highest BCUT2D eigenvalue weighted by Crippen LogP contribution is 2.18. The van der Waals surface area contributed by atoms with Gasteiger partial charge in [-0.25, -0.2) is 0 Å². The molecule has 0 aromatic heterocycles. The van der Waals surface area contributed by atoms with Crippen molar-refractivity contribution in [1.29, 1.82) is 0 Å². The Morgan fingerprint density at radius 3 is 2.72 bits per heavy atom. The van der Waals surface area contributed by atoms with E-state index < -0.39 is 10.2 Å². The van der Waals surface area contributed by atoms with Crippen LogP contribution in [0.1, 0.15) is 20.3 Å². The molecule has 0 spiro atoms. The smallest absolute Gasteiger partial charge is 0.282 e. The number of nitrogens with zero attached hydrogens (tertiary/aromatic N) is 2. The second kappa shape index (κ2) is 6.81. The van der Waals surface area contributed by atoms with Gasteiger partial charge in [0, 0.05) is 26.2 Å². The minimum absolute atomic E-state index is 0.0401. The maximum atomic E-state index is 12.4. The zero-order valence-corrected chi connectivity index (χ0v) is 12.5. The lowest BCUT2D eigenvalue weighted by molar-refractivity contribution is -0.0188. The van der Waals surface area contributed by atoms with Gasteiger partial charge >= 0.3 is 0 Å². The van der Waals surface area contributed by atoms with E-state index in [4.69, 9.17) is 4.74 Å². The number of nitrogens with one attached hydrogen (secondary N) is 1. The molecule has 1 rings (SSSR count). The second-order valence-electron chi connectivity index (χ2n) is 4.85. The highest BCUT2D eigenvalue weighted by molar-refractivity contribution is 7.86. The Kier molecular flexibility index (Phi) is 6.00. The van der Waals surface area contributed by atoms with E-state index in [-0.39, 0.29) is 12.1 Å². The van der Waals surface area contributed by atoms with Crippen molar-refractivity contribution in [3.63, 3.8) is 0 Å². The first-order valence-corrected chi connectivity index (χ1v) is 7.78. The van der Waals surface area contributed by atoms with Gasteiger partial charge in [-0.1, -0.05) is 0 Å². The molecule has 18 heavy (non-hydrogen) atoms. The van der Waals surface area contributed by atoms with Crippen LogP contribution in [-0.4, -0.2) is 69.5 Å². The molecule has 1 heterocycles. The van der Waals surface area contributed by atoms with Crippen LogP contribution in [0.15, 0.2) is 0 Å². The lowest BCUT2D eigenvalue weighted by atomic mass is 10.2. The van der Waals surface area contributed by atoms with Crippen LogP contribution in [0.5, 0.6) is 0 Å². The van der Waals surface area contributed by atoms with E-state index >= 15 is 0 Å². The molecule has 7 heteroatoms. The van der Waals surface area contributed by atoms with Gasteiger partial charge in [-0.3, -0.25) is 0 Å². The highest BCUT2D eigenvalue weighted by Gasteiger charge is 2.35. The molecule has 2 unspecified atom stereocenters. The van der Waals surface area contributed by atoms with Crippen molar-refractivity contribution in [1.82, 2.24) is 13.9 Å². The summed E-state index contributed by atoms with van der Waals surface area (Å²) in [6, 6.07) is -0.0991. The molecule has 2 atom stereocenters. The van der Waals surface area contributed by atoms with Gasteiger partial charge < -0.3 is 10.1 Å². The molecule has 0 aromatic carbocycles. The molecule has 1 aliphatic heterocycles. The van der Waals surface area contributed by atoms with Crippen LogP contribution in [-0.2, 0) is 14.9 Å². The van der Waals surface area contributed by atoms with Gasteiger partial charge in [0.2, 0.25) is 0 Å². The Balaban J connectivity index is 2.65. The quantitative estimate of drug-likeness (QED) is 0.689. The number of hydrogen-bond donors (Lipinski definition) is 1. The molecular formula is C11H25N3O3S. The molecule has 1 fully saturated rings. The fraction of sp³-hybridized carbons (Fsp3) is 1.00. The van der Waals surface area contributed by atoms with Crippen molar-refractivity contribution in [2.75, 3.05) is 40.3 Å². The maximum Gasteiger partial charge on any atom is 0.282 e. The van der Waals surface area contributed by atoms with Gasteiger partial charge in [-0.2, -0.15) is 17.0 Å². The van der Waals surface area contributed by atoms with E-state index in [1.807, 2.05) is 20.9 Å². The first kappa shape index (κ1) is 15.8. The van der Waals surface area contributed by atoms with E-state index in [9.17, 15) is 8.42 Å². The van der Waals surface area contributed by atoms with Crippen LogP contribution in [0, 0.1) is 0 Å². The second-order valence-corrected chi connectivity index (χ2v) is 6.84. The third-order valence-corrected chi connectivity index (χ3v) is 5.21. The molecule has 108 valence electrons. The summed E-state index contributed by atoms with van der Waals surface area (Å²) in [6.07, 6.45) is 0.766. The molecule has 1 aliphatic rings. The first-order valence-electron chi connectivity index (χ1n) is 6.39. The molecule has 0 radical (unpaired) electrons. The van der Waals surface area contributed by atoms with Crippen molar-refractivity contribution in [2.24, 2.45) is 0 Å². The highest BCUT2D eigenvalue weighted by atomic mass is 32.2. The van der Waals surface area contributed by atoms with Crippen molar-refractivity contribution < 1.29 is 13.2 Å². The van der Waals surface area contributed by atoms with E-state index in [0.29, 0.717) is 19.7 Å². The SMILES string of the molecule is CNCCCN(C)S(=O)(=O)N1CC(C)OCC1C. The zero-order valence-electron chi connectivity index (χ0n) is 11.7. The average Bonchev–Trinajstić information content (AvgIpc) is 2.32. The van der Waals surface area contributed by atoms with Gasteiger partial charge in [0.25, 0.3) is 10.2 Å². The van der Waals surface area contributed by atoms with Crippen molar-refractivity contribution in [3.8, 4) is 0 Å². The summed E-state index contributed by atoms with van der Waals surface area (Å²) in [4.78, 5) is 0. The zero-order chi connectivity index (χ0) is 13.8. The van der Waals surface area contributed by atoms with Crippen LogP contribution in [0.3, 0.4) is 0 Å². The Hall–Kier alpha value is -0.210. The van der Waals surface area contributed by atoms with E-state index in [1.165, 1.54) is 4.31 Å². The van der Waals surface area contributed by atoms with Gasteiger partial charge in [0.1, 0.15) is 0 Å². The number of morpholine rings is 1. The van der Waals surface area contributed by atoms with Gasteiger partial charge in [-0.15, -0.1) is 0 Å². The third-order valence-electron chi connectivity index (χ3n) is 3.14. The maximum absolute atomic E-state index is 12.4. The number of ether oxygens (including phenoxy) is 1. The van der Waals surface area contributed by atoms with Crippen molar-refractivity contribution in [3.05, 3.63) is 0 Å². The Morgan fingerprint density at radius 1 is 1.44 bits per heavy atom. The summed E-state index contributed by atoms with van der Waals surface area (Å²) in [7, 11) is 0.132. The predicted octanol–water partition coefficient (Wildman–Crippen LogP) is -0.118. The van der Waals surface area contributed by atoms with E-state index in [1.54, 1.807) is 11.4 Å². The lowest BCUT2D eigenvalue weighted by Crippen LogP contribution is -2.54. The average molecular weight is 279 g/mol. The largest absolute Gasteiger partial charge is 0.375 e. The first-order chi connectivity index (χ1) is 8.39. The van der Waals surface area contributed by atoms with E-state index in [2.05, 4.69) is 5.32 Å². The molecule has 0 aromatic rings. The van der Waals surface area contributed by atoms with Crippen LogP contribution >= 0.6 is 0 Å². The van der Waals surface area contributed by atoms with Gasteiger partial charge in [0.15, 0.2) is 0 Å². The summed E-state index contributed by atoms with van der Waals surface area (Å²) >= 11 is 0. The van der Waals surface area contributed by atoms with Crippen molar-refractivity contribution in [2.45, 2.75) is 32.4 Å². The lowest BCUT2D eigenvalue weighted by Gasteiger charge is -2.37. The molecule has 0 saturated carbocycles. The standard InChI is InChI=1S/C11H25N3O3S/c1-10-9-17-11(2)8-14(10)18(15,16)13(4)7-5-6-12-3/h10-12H,5-9H2,1-4H3. The Labute approximate surface area is 110 Å². The molecule has 0 bridgehead atoms. The molecule has 6 nitrogen and oxygen atoms in total. The van der Waals surface area contributed by atoms with Gasteiger partial charge in [-0.05, 0) is 33.9 Å². The normalized spacial score (nSPS) is 26.7.